The van der Waals surface area contributed by atoms with E-state index < -0.39 is 0 Å². The molecule has 0 unspecified atom stereocenters. The smallest absolute Gasteiger partial charge is 0.224 e. The molecule has 1 aromatic heterocycles. The number of nitrogens with one attached hydrogen (secondary N) is 2. The fourth-order valence-electron chi connectivity index (χ4n) is 3.52. The number of rotatable bonds is 8. The van der Waals surface area contributed by atoms with Gasteiger partial charge in [0.15, 0.2) is 5.82 Å². The maximum absolute atomic E-state index is 12.2. The predicted octanol–water partition coefficient (Wildman–Crippen LogP) is 4.02. The summed E-state index contributed by atoms with van der Waals surface area (Å²) in [5, 5.41) is 14.5. The summed E-state index contributed by atoms with van der Waals surface area (Å²) in [6, 6.07) is 19.8. The van der Waals surface area contributed by atoms with Crippen LogP contribution in [0.25, 0.3) is 0 Å². The van der Waals surface area contributed by atoms with E-state index in [9.17, 15) is 4.79 Å². The first kappa shape index (κ1) is 20.8. The number of morpholine rings is 1. The summed E-state index contributed by atoms with van der Waals surface area (Å²) in [5.41, 5.74) is 3.95. The molecular weight excluding hydrogens is 390 g/mol. The van der Waals surface area contributed by atoms with Gasteiger partial charge in [-0.05, 0) is 42.7 Å². The molecule has 0 saturated carbocycles. The van der Waals surface area contributed by atoms with E-state index in [4.69, 9.17) is 4.74 Å². The normalized spacial score (nSPS) is 13.6. The van der Waals surface area contributed by atoms with Crippen molar-refractivity contribution >= 4 is 28.8 Å². The first-order valence-electron chi connectivity index (χ1n) is 10.6. The molecule has 1 saturated heterocycles. The molecule has 160 valence electrons. The highest BCUT2D eigenvalue weighted by Crippen LogP contribution is 2.21. The van der Waals surface area contributed by atoms with Gasteiger partial charge in [0.1, 0.15) is 0 Å². The first-order chi connectivity index (χ1) is 15.3. The molecule has 0 aliphatic carbocycles. The maximum Gasteiger partial charge on any atom is 0.224 e. The summed E-state index contributed by atoms with van der Waals surface area (Å²) in [6.07, 6.45) is 4.00. The summed E-state index contributed by atoms with van der Waals surface area (Å²) in [7, 11) is 0. The Hall–Kier alpha value is -3.45. The van der Waals surface area contributed by atoms with Gasteiger partial charge in [-0.1, -0.05) is 30.3 Å². The van der Waals surface area contributed by atoms with Crippen molar-refractivity contribution < 1.29 is 9.53 Å². The SMILES string of the molecule is O=C(CCCc1ccccc1)Nc1ccc(Nc2cc(N3CCOCC3)cnn2)cc1. The van der Waals surface area contributed by atoms with Gasteiger partial charge in [-0.2, -0.15) is 5.10 Å². The Balaban J connectivity index is 1.26. The molecular formula is C24H27N5O2. The highest BCUT2D eigenvalue weighted by Gasteiger charge is 2.12. The van der Waals surface area contributed by atoms with Crippen LogP contribution in [0.2, 0.25) is 0 Å². The number of hydrogen-bond acceptors (Lipinski definition) is 6. The molecule has 1 amide bonds. The number of amides is 1. The summed E-state index contributed by atoms with van der Waals surface area (Å²) in [5.74, 6) is 0.711. The summed E-state index contributed by atoms with van der Waals surface area (Å²) in [4.78, 5) is 14.4. The van der Waals surface area contributed by atoms with Crippen LogP contribution in [0.15, 0.2) is 66.9 Å². The zero-order valence-electron chi connectivity index (χ0n) is 17.5. The average Bonchev–Trinajstić information content (AvgIpc) is 2.82. The number of ether oxygens (including phenoxy) is 1. The van der Waals surface area contributed by atoms with Gasteiger partial charge in [0.05, 0.1) is 25.1 Å². The van der Waals surface area contributed by atoms with Gasteiger partial charge < -0.3 is 20.3 Å². The largest absolute Gasteiger partial charge is 0.378 e. The van der Waals surface area contributed by atoms with Gasteiger partial charge >= 0.3 is 0 Å². The van der Waals surface area contributed by atoms with Gasteiger partial charge in [0.25, 0.3) is 0 Å². The highest BCUT2D eigenvalue weighted by molar-refractivity contribution is 5.90. The van der Waals surface area contributed by atoms with Gasteiger partial charge in [-0.3, -0.25) is 4.79 Å². The number of benzene rings is 2. The predicted molar refractivity (Wildman–Crippen MR) is 123 cm³/mol. The zero-order valence-corrected chi connectivity index (χ0v) is 17.5. The lowest BCUT2D eigenvalue weighted by atomic mass is 10.1. The van der Waals surface area contributed by atoms with Crippen LogP contribution in [0.5, 0.6) is 0 Å². The molecule has 1 aliphatic rings. The third-order valence-electron chi connectivity index (χ3n) is 5.17. The second-order valence-corrected chi connectivity index (χ2v) is 7.49. The average molecular weight is 418 g/mol. The van der Waals surface area contributed by atoms with Crippen molar-refractivity contribution in [1.29, 1.82) is 0 Å². The summed E-state index contributed by atoms with van der Waals surface area (Å²) in [6.45, 7) is 3.16. The molecule has 0 atom stereocenters. The van der Waals surface area contributed by atoms with Crippen LogP contribution in [0, 0.1) is 0 Å². The first-order valence-corrected chi connectivity index (χ1v) is 10.6. The van der Waals surface area contributed by atoms with E-state index in [1.807, 2.05) is 48.5 Å². The molecule has 2 aromatic carbocycles. The van der Waals surface area contributed by atoms with Crippen molar-refractivity contribution in [3.63, 3.8) is 0 Å². The van der Waals surface area contributed by atoms with E-state index in [0.717, 1.165) is 56.2 Å². The van der Waals surface area contributed by atoms with Crippen LogP contribution >= 0.6 is 0 Å². The van der Waals surface area contributed by atoms with Crippen molar-refractivity contribution in [2.45, 2.75) is 19.3 Å². The molecule has 0 spiro atoms. The number of aromatic nitrogens is 2. The van der Waals surface area contributed by atoms with Gasteiger partial charge in [-0.15, -0.1) is 5.10 Å². The van der Waals surface area contributed by atoms with Crippen LogP contribution in [0.3, 0.4) is 0 Å². The second kappa shape index (κ2) is 10.5. The number of carbonyl (C=O) groups is 1. The molecule has 1 aliphatic heterocycles. The summed E-state index contributed by atoms with van der Waals surface area (Å²) < 4.78 is 5.40. The molecule has 2 N–H and O–H groups in total. The maximum atomic E-state index is 12.2. The molecule has 7 nitrogen and oxygen atoms in total. The fraction of sp³-hybridized carbons (Fsp3) is 0.292. The van der Waals surface area contributed by atoms with Crippen molar-refractivity contribution in [2.24, 2.45) is 0 Å². The van der Waals surface area contributed by atoms with Crippen LogP contribution in [-0.2, 0) is 16.0 Å². The van der Waals surface area contributed by atoms with Crippen LogP contribution in [0.4, 0.5) is 22.9 Å². The Kier molecular flexibility index (Phi) is 7.08. The number of hydrogen-bond donors (Lipinski definition) is 2. The zero-order chi connectivity index (χ0) is 21.3. The minimum atomic E-state index is 0.0284. The molecule has 0 bridgehead atoms. The van der Waals surface area contributed by atoms with Crippen molar-refractivity contribution in [3.8, 4) is 0 Å². The third-order valence-corrected chi connectivity index (χ3v) is 5.17. The van der Waals surface area contributed by atoms with Crippen LogP contribution < -0.4 is 15.5 Å². The monoisotopic (exact) mass is 417 g/mol. The lowest BCUT2D eigenvalue weighted by Gasteiger charge is -2.28. The summed E-state index contributed by atoms with van der Waals surface area (Å²) >= 11 is 0. The standard InChI is InChI=1S/C24H27N5O2/c30-24(8-4-7-19-5-2-1-3-6-19)27-21-11-9-20(10-12-21)26-23-17-22(18-25-28-23)29-13-15-31-16-14-29/h1-3,5-6,9-12,17-18H,4,7-8,13-16H2,(H,26,28)(H,27,30). The number of anilines is 4. The van der Waals surface area contributed by atoms with Gasteiger partial charge in [0.2, 0.25) is 5.91 Å². The molecule has 1 fully saturated rings. The lowest BCUT2D eigenvalue weighted by Crippen LogP contribution is -2.36. The van der Waals surface area contributed by atoms with Crippen LogP contribution in [-0.4, -0.2) is 42.4 Å². The van der Waals surface area contributed by atoms with Crippen LogP contribution in [0.1, 0.15) is 18.4 Å². The molecule has 4 rings (SSSR count). The van der Waals surface area contributed by atoms with Crippen molar-refractivity contribution in [3.05, 3.63) is 72.4 Å². The Labute approximate surface area is 182 Å². The number of aryl methyl sites for hydroxylation is 1. The van der Waals surface area contributed by atoms with E-state index >= 15 is 0 Å². The number of carbonyl (C=O) groups excluding carboxylic acids is 1. The minimum Gasteiger partial charge on any atom is -0.378 e. The van der Waals surface area contributed by atoms with Gasteiger partial charge in [-0.25, -0.2) is 0 Å². The van der Waals surface area contributed by atoms with Crippen molar-refractivity contribution in [2.75, 3.05) is 41.8 Å². The third kappa shape index (κ3) is 6.26. The molecule has 31 heavy (non-hydrogen) atoms. The molecule has 0 radical (unpaired) electrons. The Morgan fingerprint density at radius 3 is 2.52 bits per heavy atom. The van der Waals surface area contributed by atoms with E-state index in [1.54, 1.807) is 6.20 Å². The second-order valence-electron chi connectivity index (χ2n) is 7.49. The highest BCUT2D eigenvalue weighted by atomic mass is 16.5. The topological polar surface area (TPSA) is 79.4 Å². The minimum absolute atomic E-state index is 0.0284. The van der Waals surface area contributed by atoms with E-state index in [0.29, 0.717) is 12.2 Å². The Morgan fingerprint density at radius 1 is 1.00 bits per heavy atom. The van der Waals surface area contributed by atoms with Crippen molar-refractivity contribution in [1.82, 2.24) is 10.2 Å². The molecule has 3 aromatic rings. The number of nitrogens with zero attached hydrogens (tertiary/aromatic N) is 3. The molecule has 7 heteroatoms. The fourth-order valence-corrected chi connectivity index (χ4v) is 3.52. The lowest BCUT2D eigenvalue weighted by molar-refractivity contribution is -0.116. The van der Waals surface area contributed by atoms with E-state index in [-0.39, 0.29) is 5.91 Å². The molecule has 2 heterocycles. The Bertz CT molecular complexity index is 973. The quantitative estimate of drug-likeness (QED) is 0.576. The van der Waals surface area contributed by atoms with Gasteiger partial charge in [0, 0.05) is 37.0 Å². The van der Waals surface area contributed by atoms with E-state index in [1.165, 1.54) is 5.56 Å². The van der Waals surface area contributed by atoms with E-state index in [2.05, 4.69) is 37.9 Å². The Morgan fingerprint density at radius 2 is 1.74 bits per heavy atom.